The highest BCUT2D eigenvalue weighted by Gasteiger charge is 2.06. The Kier molecular flexibility index (Phi) is 2.39. The van der Waals surface area contributed by atoms with Gasteiger partial charge in [-0.05, 0) is 20.3 Å². The van der Waals surface area contributed by atoms with Crippen molar-refractivity contribution in [1.82, 2.24) is 9.97 Å². The molecule has 0 aliphatic heterocycles. The van der Waals surface area contributed by atoms with Gasteiger partial charge in [-0.3, -0.25) is 0 Å². The molecule has 3 nitrogen and oxygen atoms in total. The minimum atomic E-state index is 0.516. The molecule has 0 aliphatic carbocycles. The molecule has 62 valence electrons. The summed E-state index contributed by atoms with van der Waals surface area (Å²) in [5, 5.41) is 8.76. The second kappa shape index (κ2) is 3.31. The van der Waals surface area contributed by atoms with E-state index in [1.165, 1.54) is 0 Å². The van der Waals surface area contributed by atoms with Gasteiger partial charge in [0.2, 0.25) is 0 Å². The third kappa shape index (κ3) is 1.42. The van der Waals surface area contributed by atoms with Gasteiger partial charge in [-0.15, -0.1) is 0 Å². The van der Waals surface area contributed by atoms with Gasteiger partial charge in [-0.25, -0.2) is 9.97 Å². The predicted molar refractivity (Wildman–Crippen MR) is 45.6 cm³/mol. The lowest BCUT2D eigenvalue weighted by atomic mass is 10.1. The van der Waals surface area contributed by atoms with Crippen molar-refractivity contribution < 1.29 is 0 Å². The molecule has 0 saturated carbocycles. The standard InChI is InChI=1S/C9H11N3/c1-4-8-6(2)11-7(3)12-9(8)5-10/h4H2,1-3H3. The second-order valence-electron chi connectivity index (χ2n) is 2.65. The average Bonchev–Trinajstić information content (AvgIpc) is 2.03. The second-order valence-corrected chi connectivity index (χ2v) is 2.65. The Morgan fingerprint density at radius 2 is 2.00 bits per heavy atom. The van der Waals surface area contributed by atoms with Crippen molar-refractivity contribution in [2.24, 2.45) is 0 Å². The van der Waals surface area contributed by atoms with Gasteiger partial charge in [0.25, 0.3) is 0 Å². The molecule has 1 aromatic heterocycles. The smallest absolute Gasteiger partial charge is 0.147 e. The zero-order valence-corrected chi connectivity index (χ0v) is 7.55. The third-order valence-corrected chi connectivity index (χ3v) is 1.79. The monoisotopic (exact) mass is 161 g/mol. The quantitative estimate of drug-likeness (QED) is 0.627. The molecule has 0 amide bonds. The highest BCUT2D eigenvalue weighted by Crippen LogP contribution is 2.09. The third-order valence-electron chi connectivity index (χ3n) is 1.79. The topological polar surface area (TPSA) is 49.6 Å². The SMILES string of the molecule is CCc1c(C)nc(C)nc1C#N. The van der Waals surface area contributed by atoms with Crippen LogP contribution in [0.3, 0.4) is 0 Å². The van der Waals surface area contributed by atoms with Crippen LogP contribution >= 0.6 is 0 Å². The van der Waals surface area contributed by atoms with E-state index in [2.05, 4.69) is 16.0 Å². The maximum atomic E-state index is 8.76. The molecular weight excluding hydrogens is 150 g/mol. The van der Waals surface area contributed by atoms with Crippen molar-refractivity contribution in [3.8, 4) is 6.07 Å². The zero-order chi connectivity index (χ0) is 9.14. The summed E-state index contributed by atoms with van der Waals surface area (Å²) in [5.41, 5.74) is 2.40. The molecule has 3 heteroatoms. The summed E-state index contributed by atoms with van der Waals surface area (Å²) in [6.45, 7) is 5.71. The maximum absolute atomic E-state index is 8.76. The average molecular weight is 161 g/mol. The summed E-state index contributed by atoms with van der Waals surface area (Å²) in [5.74, 6) is 0.668. The Labute approximate surface area is 72.1 Å². The molecule has 0 aliphatic rings. The number of nitriles is 1. The van der Waals surface area contributed by atoms with Gasteiger partial charge in [-0.1, -0.05) is 6.92 Å². The van der Waals surface area contributed by atoms with E-state index in [-0.39, 0.29) is 0 Å². The lowest BCUT2D eigenvalue weighted by Crippen LogP contribution is -2.01. The van der Waals surface area contributed by atoms with Gasteiger partial charge < -0.3 is 0 Å². The lowest BCUT2D eigenvalue weighted by Gasteiger charge is -2.03. The largest absolute Gasteiger partial charge is 0.238 e. The van der Waals surface area contributed by atoms with Gasteiger partial charge in [0.05, 0.1) is 0 Å². The number of hydrogen-bond donors (Lipinski definition) is 0. The molecule has 0 aromatic carbocycles. The summed E-state index contributed by atoms with van der Waals surface area (Å²) < 4.78 is 0. The minimum absolute atomic E-state index is 0.516. The predicted octanol–water partition coefficient (Wildman–Crippen LogP) is 1.53. The van der Waals surface area contributed by atoms with E-state index in [1.807, 2.05) is 13.8 Å². The molecule has 0 N–H and O–H groups in total. The summed E-state index contributed by atoms with van der Waals surface area (Å²) in [6, 6.07) is 2.08. The maximum Gasteiger partial charge on any atom is 0.147 e. The molecule has 0 unspecified atom stereocenters. The van der Waals surface area contributed by atoms with E-state index in [0.717, 1.165) is 17.7 Å². The summed E-state index contributed by atoms with van der Waals surface area (Å²) in [4.78, 5) is 8.24. The van der Waals surface area contributed by atoms with Crippen LogP contribution in [0.4, 0.5) is 0 Å². The summed E-state index contributed by atoms with van der Waals surface area (Å²) in [6.07, 6.45) is 0.814. The Morgan fingerprint density at radius 1 is 1.33 bits per heavy atom. The highest BCUT2D eigenvalue weighted by molar-refractivity contribution is 5.33. The van der Waals surface area contributed by atoms with Gasteiger partial charge in [-0.2, -0.15) is 5.26 Å². The first-order valence-electron chi connectivity index (χ1n) is 3.93. The van der Waals surface area contributed by atoms with Crippen molar-refractivity contribution in [1.29, 1.82) is 5.26 Å². The Hall–Kier alpha value is -1.43. The first-order chi connectivity index (χ1) is 5.69. The fourth-order valence-electron chi connectivity index (χ4n) is 1.25. The Balaban J connectivity index is 3.36. The zero-order valence-electron chi connectivity index (χ0n) is 7.55. The molecule has 0 bridgehead atoms. The minimum Gasteiger partial charge on any atom is -0.238 e. The fraction of sp³-hybridized carbons (Fsp3) is 0.444. The first-order valence-corrected chi connectivity index (χ1v) is 3.93. The van der Waals surface area contributed by atoms with E-state index in [9.17, 15) is 0 Å². The van der Waals surface area contributed by atoms with Crippen molar-refractivity contribution in [2.75, 3.05) is 0 Å². The van der Waals surface area contributed by atoms with Crippen LogP contribution < -0.4 is 0 Å². The van der Waals surface area contributed by atoms with Crippen LogP contribution in [0.25, 0.3) is 0 Å². The molecule has 1 aromatic rings. The molecule has 12 heavy (non-hydrogen) atoms. The van der Waals surface area contributed by atoms with E-state index in [4.69, 9.17) is 5.26 Å². The van der Waals surface area contributed by atoms with Crippen LogP contribution in [0.2, 0.25) is 0 Å². The normalized spacial score (nSPS) is 9.50. The lowest BCUT2D eigenvalue weighted by molar-refractivity contribution is 0.932. The van der Waals surface area contributed by atoms with Crippen LogP contribution in [0, 0.1) is 25.2 Å². The molecule has 0 saturated heterocycles. The van der Waals surface area contributed by atoms with Crippen molar-refractivity contribution in [2.45, 2.75) is 27.2 Å². The van der Waals surface area contributed by atoms with Gasteiger partial charge in [0, 0.05) is 11.3 Å². The highest BCUT2D eigenvalue weighted by atomic mass is 14.9. The molecule has 1 rings (SSSR count). The summed E-state index contributed by atoms with van der Waals surface area (Å²) in [7, 11) is 0. The van der Waals surface area contributed by atoms with Crippen LogP contribution in [0.15, 0.2) is 0 Å². The molecule has 0 atom stereocenters. The van der Waals surface area contributed by atoms with E-state index < -0.39 is 0 Å². The number of hydrogen-bond acceptors (Lipinski definition) is 3. The molecular formula is C9H11N3. The van der Waals surface area contributed by atoms with E-state index in [0.29, 0.717) is 11.5 Å². The first kappa shape index (κ1) is 8.66. The number of aryl methyl sites for hydroxylation is 2. The van der Waals surface area contributed by atoms with Crippen molar-refractivity contribution in [3.05, 3.63) is 22.8 Å². The van der Waals surface area contributed by atoms with Crippen LogP contribution in [-0.2, 0) is 6.42 Å². The Morgan fingerprint density at radius 3 is 2.50 bits per heavy atom. The fourth-order valence-corrected chi connectivity index (χ4v) is 1.25. The van der Waals surface area contributed by atoms with Crippen molar-refractivity contribution in [3.63, 3.8) is 0 Å². The van der Waals surface area contributed by atoms with E-state index >= 15 is 0 Å². The molecule has 1 heterocycles. The number of nitrogens with zero attached hydrogens (tertiary/aromatic N) is 3. The summed E-state index contributed by atoms with van der Waals surface area (Å²) >= 11 is 0. The van der Waals surface area contributed by atoms with Gasteiger partial charge in [0.15, 0.2) is 0 Å². The molecule has 0 radical (unpaired) electrons. The van der Waals surface area contributed by atoms with E-state index in [1.54, 1.807) is 6.92 Å². The van der Waals surface area contributed by atoms with Crippen LogP contribution in [-0.4, -0.2) is 9.97 Å². The van der Waals surface area contributed by atoms with Gasteiger partial charge >= 0.3 is 0 Å². The Bertz CT molecular complexity index is 336. The van der Waals surface area contributed by atoms with Crippen LogP contribution in [0.1, 0.15) is 29.7 Å². The number of rotatable bonds is 1. The van der Waals surface area contributed by atoms with Crippen LogP contribution in [0.5, 0.6) is 0 Å². The van der Waals surface area contributed by atoms with Crippen molar-refractivity contribution >= 4 is 0 Å². The molecule has 0 fully saturated rings. The number of aromatic nitrogens is 2. The van der Waals surface area contributed by atoms with Gasteiger partial charge in [0.1, 0.15) is 17.6 Å². The molecule has 0 spiro atoms.